The van der Waals surface area contributed by atoms with Crippen molar-refractivity contribution in [1.29, 1.82) is 0 Å². The Labute approximate surface area is 135 Å². The van der Waals surface area contributed by atoms with Gasteiger partial charge in [0.1, 0.15) is 11.9 Å². The Bertz CT molecular complexity index is 587. The Morgan fingerprint density at radius 1 is 1.11 bits per heavy atom. The van der Waals surface area contributed by atoms with Crippen molar-refractivity contribution in [3.63, 3.8) is 0 Å². The third-order valence-electron chi connectivity index (χ3n) is 2.53. The van der Waals surface area contributed by atoms with Gasteiger partial charge in [0.05, 0.1) is 4.47 Å². The predicted molar refractivity (Wildman–Crippen MR) is 85.0 cm³/mol. The molecule has 0 radical (unpaired) electrons. The molecule has 1 N–H and O–H groups in total. The van der Waals surface area contributed by atoms with Gasteiger partial charge in [-0.1, -0.05) is 28.1 Å². The SMILES string of the molecule is OC(c1cc(Br)ccc1I)c1cccc(Br)c1F. The minimum atomic E-state index is -0.980. The molecule has 2 aromatic rings. The Kier molecular flexibility index (Phi) is 4.80. The lowest BCUT2D eigenvalue weighted by atomic mass is 10.0. The molecule has 0 aliphatic rings. The molecule has 0 aromatic heterocycles. The van der Waals surface area contributed by atoms with E-state index >= 15 is 0 Å². The third-order valence-corrected chi connectivity index (χ3v) is 4.62. The van der Waals surface area contributed by atoms with Gasteiger partial charge in [-0.15, -0.1) is 0 Å². The average Bonchev–Trinajstić information content (AvgIpc) is 2.35. The number of hydrogen-bond acceptors (Lipinski definition) is 1. The molecule has 5 heteroatoms. The minimum absolute atomic E-state index is 0.264. The normalized spacial score (nSPS) is 12.5. The van der Waals surface area contributed by atoms with Gasteiger partial charge in [0.25, 0.3) is 0 Å². The third kappa shape index (κ3) is 2.95. The van der Waals surface area contributed by atoms with Crippen LogP contribution in [0.5, 0.6) is 0 Å². The second-order valence-corrected chi connectivity index (χ2v) is 6.64. The maximum atomic E-state index is 13.9. The van der Waals surface area contributed by atoms with Crippen LogP contribution < -0.4 is 0 Å². The molecule has 0 aliphatic heterocycles. The number of rotatable bonds is 2. The summed E-state index contributed by atoms with van der Waals surface area (Å²) in [5.41, 5.74) is 0.947. The van der Waals surface area contributed by atoms with Gasteiger partial charge in [0, 0.05) is 13.6 Å². The smallest absolute Gasteiger partial charge is 0.143 e. The van der Waals surface area contributed by atoms with E-state index in [1.165, 1.54) is 0 Å². The standard InChI is InChI=1S/C13H8Br2FIO/c14-7-4-5-11(17)9(6-7)13(18)8-2-1-3-10(15)12(8)16/h1-6,13,18H. The Hall–Kier alpha value is 0.0200. The van der Waals surface area contributed by atoms with Crippen LogP contribution in [0.3, 0.4) is 0 Å². The molecule has 1 nitrogen and oxygen atoms in total. The van der Waals surface area contributed by atoms with Crippen molar-refractivity contribution >= 4 is 54.5 Å². The molecule has 2 aromatic carbocycles. The molecule has 1 unspecified atom stereocenters. The molecule has 0 amide bonds. The lowest BCUT2D eigenvalue weighted by molar-refractivity contribution is 0.214. The van der Waals surface area contributed by atoms with Crippen molar-refractivity contribution in [1.82, 2.24) is 0 Å². The summed E-state index contributed by atoms with van der Waals surface area (Å²) in [6.07, 6.45) is -0.980. The molecular formula is C13H8Br2FIO. The summed E-state index contributed by atoms with van der Waals surface area (Å²) in [4.78, 5) is 0. The fourth-order valence-corrected chi connectivity index (χ4v) is 3.01. The minimum Gasteiger partial charge on any atom is -0.384 e. The van der Waals surface area contributed by atoms with Crippen LogP contribution in [0.4, 0.5) is 4.39 Å². The Balaban J connectivity index is 2.51. The van der Waals surface area contributed by atoms with Gasteiger partial charge in [-0.05, 0) is 68.3 Å². The average molecular weight is 486 g/mol. The van der Waals surface area contributed by atoms with E-state index in [4.69, 9.17) is 0 Å². The van der Waals surface area contributed by atoms with Crippen LogP contribution in [0, 0.1) is 9.39 Å². The van der Waals surface area contributed by atoms with Gasteiger partial charge in [0.2, 0.25) is 0 Å². The largest absolute Gasteiger partial charge is 0.384 e. The first-order valence-electron chi connectivity index (χ1n) is 5.07. The molecule has 1 atom stereocenters. The fraction of sp³-hybridized carbons (Fsp3) is 0.0769. The number of halogens is 4. The van der Waals surface area contributed by atoms with Gasteiger partial charge in [-0.2, -0.15) is 0 Å². The van der Waals surface area contributed by atoms with Gasteiger partial charge >= 0.3 is 0 Å². The molecule has 0 spiro atoms. The van der Waals surface area contributed by atoms with E-state index < -0.39 is 11.9 Å². The first-order valence-corrected chi connectivity index (χ1v) is 7.74. The second kappa shape index (κ2) is 5.98. The summed E-state index contributed by atoms with van der Waals surface area (Å²) in [5.74, 6) is -0.430. The molecule has 0 heterocycles. The van der Waals surface area contributed by atoms with Crippen molar-refractivity contribution in [3.05, 3.63) is 65.9 Å². The molecule has 0 saturated heterocycles. The zero-order chi connectivity index (χ0) is 13.3. The second-order valence-electron chi connectivity index (χ2n) is 3.71. The Morgan fingerprint density at radius 2 is 1.83 bits per heavy atom. The highest BCUT2D eigenvalue weighted by molar-refractivity contribution is 14.1. The van der Waals surface area contributed by atoms with Crippen molar-refractivity contribution in [2.24, 2.45) is 0 Å². The Morgan fingerprint density at radius 3 is 2.56 bits per heavy atom. The highest BCUT2D eigenvalue weighted by atomic mass is 127. The maximum Gasteiger partial charge on any atom is 0.143 e. The van der Waals surface area contributed by atoms with Crippen molar-refractivity contribution in [2.45, 2.75) is 6.10 Å². The lowest BCUT2D eigenvalue weighted by Crippen LogP contribution is -2.05. The summed E-state index contributed by atoms with van der Waals surface area (Å²) in [5, 5.41) is 10.3. The zero-order valence-corrected chi connectivity index (χ0v) is 14.3. The zero-order valence-electron chi connectivity index (χ0n) is 9.00. The van der Waals surface area contributed by atoms with E-state index in [1.54, 1.807) is 24.3 Å². The number of aliphatic hydroxyl groups is 1. The first kappa shape index (κ1) is 14.4. The van der Waals surface area contributed by atoms with Crippen molar-refractivity contribution < 1.29 is 9.50 Å². The van der Waals surface area contributed by atoms with Crippen molar-refractivity contribution in [3.8, 4) is 0 Å². The van der Waals surface area contributed by atoms with Crippen LogP contribution in [0.25, 0.3) is 0 Å². The topological polar surface area (TPSA) is 20.2 Å². The van der Waals surface area contributed by atoms with Crippen LogP contribution >= 0.6 is 54.5 Å². The maximum absolute atomic E-state index is 13.9. The van der Waals surface area contributed by atoms with E-state index in [9.17, 15) is 9.50 Å². The van der Waals surface area contributed by atoms with Gasteiger partial charge in [-0.3, -0.25) is 0 Å². The van der Waals surface area contributed by atoms with Crippen LogP contribution in [0.15, 0.2) is 45.3 Å². The summed E-state index contributed by atoms with van der Waals surface area (Å²) in [6.45, 7) is 0. The highest BCUT2D eigenvalue weighted by Gasteiger charge is 2.19. The van der Waals surface area contributed by atoms with Crippen LogP contribution in [-0.4, -0.2) is 5.11 Å². The van der Waals surface area contributed by atoms with E-state index in [2.05, 4.69) is 54.5 Å². The molecule has 0 aliphatic carbocycles. The lowest BCUT2D eigenvalue weighted by Gasteiger charge is -2.15. The van der Waals surface area contributed by atoms with E-state index in [0.29, 0.717) is 10.0 Å². The molecule has 18 heavy (non-hydrogen) atoms. The van der Waals surface area contributed by atoms with E-state index in [0.717, 1.165) is 8.04 Å². The number of hydrogen-bond donors (Lipinski definition) is 1. The monoisotopic (exact) mass is 484 g/mol. The molecule has 0 saturated carbocycles. The number of benzene rings is 2. The summed E-state index contributed by atoms with van der Waals surface area (Å²) in [7, 11) is 0. The molecule has 94 valence electrons. The van der Waals surface area contributed by atoms with Gasteiger partial charge in [0.15, 0.2) is 0 Å². The summed E-state index contributed by atoms with van der Waals surface area (Å²) in [6, 6.07) is 10.5. The highest BCUT2D eigenvalue weighted by Crippen LogP contribution is 2.32. The van der Waals surface area contributed by atoms with Crippen LogP contribution in [0.1, 0.15) is 17.2 Å². The first-order chi connectivity index (χ1) is 8.50. The van der Waals surface area contributed by atoms with Crippen molar-refractivity contribution in [2.75, 3.05) is 0 Å². The van der Waals surface area contributed by atoms with Crippen LogP contribution in [0.2, 0.25) is 0 Å². The quantitative estimate of drug-likeness (QED) is 0.591. The summed E-state index contributed by atoms with van der Waals surface area (Å²) >= 11 is 8.60. The fourth-order valence-electron chi connectivity index (χ4n) is 1.62. The van der Waals surface area contributed by atoms with Crippen LogP contribution in [-0.2, 0) is 0 Å². The van der Waals surface area contributed by atoms with E-state index in [-0.39, 0.29) is 5.56 Å². The molecule has 0 fully saturated rings. The molecule has 0 bridgehead atoms. The van der Waals surface area contributed by atoms with Gasteiger partial charge in [-0.25, -0.2) is 4.39 Å². The number of aliphatic hydroxyl groups excluding tert-OH is 1. The predicted octanol–water partition coefficient (Wildman–Crippen LogP) is 5.04. The molecule has 2 rings (SSSR count). The van der Waals surface area contributed by atoms with E-state index in [1.807, 2.05) is 12.1 Å². The summed E-state index contributed by atoms with van der Waals surface area (Å²) < 4.78 is 16.0. The van der Waals surface area contributed by atoms with Gasteiger partial charge < -0.3 is 5.11 Å². The molecular weight excluding hydrogens is 478 g/mol.